The van der Waals surface area contributed by atoms with Crippen LogP contribution in [-0.2, 0) is 0 Å². The minimum Gasteiger partial charge on any atom is -0.409 e. The first-order chi connectivity index (χ1) is 9.37. The van der Waals surface area contributed by atoms with Crippen molar-refractivity contribution < 1.29 is 10.0 Å². The molecule has 0 unspecified atom stereocenters. The summed E-state index contributed by atoms with van der Waals surface area (Å²) < 4.78 is 0. The molecule has 1 aromatic heterocycles. The number of hydrogen-bond acceptors (Lipinski definition) is 4. The maximum absolute atomic E-state index is 12.4. The first-order valence-corrected chi connectivity index (χ1v) is 7.53. The number of oxime groups is 1. The van der Waals surface area contributed by atoms with E-state index in [0.717, 1.165) is 23.3 Å². The minimum atomic E-state index is -0.313. The largest absolute Gasteiger partial charge is 0.409 e. The van der Waals surface area contributed by atoms with Crippen molar-refractivity contribution in [2.45, 2.75) is 33.6 Å². The molecule has 1 saturated heterocycles. The van der Waals surface area contributed by atoms with Gasteiger partial charge in [0.05, 0.1) is 4.88 Å². The number of carbonyl (C=O) groups is 1. The van der Waals surface area contributed by atoms with Crippen molar-refractivity contribution in [2.24, 2.45) is 16.3 Å². The standard InChI is InChI=1S/C14H21N3O2S/c1-9-8-11(20-10(9)2)12(18)17-6-4-14(3,5-7-17)13(15)16-19/h8,19H,4-7H2,1-3H3,(H2,15,16). The number of carbonyl (C=O) groups excluding carboxylic acids is 1. The molecule has 1 fully saturated rings. The third kappa shape index (κ3) is 2.65. The molecule has 20 heavy (non-hydrogen) atoms. The Labute approximate surface area is 123 Å². The zero-order valence-corrected chi connectivity index (χ0v) is 13.0. The average molecular weight is 295 g/mol. The molecule has 6 heteroatoms. The van der Waals surface area contributed by atoms with E-state index in [1.54, 1.807) is 11.3 Å². The molecule has 1 aromatic rings. The Morgan fingerprint density at radius 1 is 1.45 bits per heavy atom. The van der Waals surface area contributed by atoms with Gasteiger partial charge < -0.3 is 15.8 Å². The summed E-state index contributed by atoms with van der Waals surface area (Å²) in [6, 6.07) is 1.96. The van der Waals surface area contributed by atoms with Crippen LogP contribution in [-0.4, -0.2) is 34.9 Å². The Kier molecular flexibility index (Phi) is 4.04. The van der Waals surface area contributed by atoms with Crippen LogP contribution in [0.15, 0.2) is 11.2 Å². The first kappa shape index (κ1) is 14.8. The van der Waals surface area contributed by atoms with Gasteiger partial charge in [0.25, 0.3) is 5.91 Å². The fourth-order valence-electron chi connectivity index (χ4n) is 2.41. The van der Waals surface area contributed by atoms with Crippen LogP contribution in [0.1, 0.15) is 39.9 Å². The molecule has 2 rings (SSSR count). The number of piperidine rings is 1. The number of rotatable bonds is 2. The van der Waals surface area contributed by atoms with Gasteiger partial charge in [-0.05, 0) is 38.3 Å². The number of nitrogens with zero attached hydrogens (tertiary/aromatic N) is 2. The van der Waals surface area contributed by atoms with Crippen LogP contribution >= 0.6 is 11.3 Å². The third-order valence-corrected chi connectivity index (χ3v) is 5.40. The number of likely N-dealkylation sites (tertiary alicyclic amines) is 1. The van der Waals surface area contributed by atoms with Gasteiger partial charge in [-0.15, -0.1) is 11.3 Å². The SMILES string of the molecule is Cc1cc(C(=O)N2CCC(C)(/C(N)=N/O)CC2)sc1C. The lowest BCUT2D eigenvalue weighted by Gasteiger charge is -2.38. The number of hydrogen-bond donors (Lipinski definition) is 2. The Bertz CT molecular complexity index is 523. The van der Waals surface area contributed by atoms with E-state index in [4.69, 9.17) is 10.9 Å². The van der Waals surface area contributed by atoms with Crippen molar-refractivity contribution in [1.82, 2.24) is 4.90 Å². The van der Waals surface area contributed by atoms with Crippen LogP contribution in [0.25, 0.3) is 0 Å². The minimum absolute atomic E-state index is 0.0905. The van der Waals surface area contributed by atoms with Gasteiger partial charge in [-0.1, -0.05) is 12.1 Å². The number of aryl methyl sites for hydroxylation is 2. The molecule has 0 atom stereocenters. The van der Waals surface area contributed by atoms with Crippen LogP contribution < -0.4 is 5.73 Å². The molecule has 0 bridgehead atoms. The molecule has 0 aliphatic carbocycles. The summed E-state index contributed by atoms with van der Waals surface area (Å²) in [7, 11) is 0. The average Bonchev–Trinajstić information content (AvgIpc) is 2.78. The van der Waals surface area contributed by atoms with Crippen LogP contribution in [0.4, 0.5) is 0 Å². The molecule has 110 valence electrons. The molecule has 1 aliphatic rings. The summed E-state index contributed by atoms with van der Waals surface area (Å²) in [4.78, 5) is 16.3. The highest BCUT2D eigenvalue weighted by molar-refractivity contribution is 7.14. The Morgan fingerprint density at radius 3 is 2.50 bits per heavy atom. The zero-order valence-electron chi connectivity index (χ0n) is 12.1. The van der Waals surface area contributed by atoms with Crippen molar-refractivity contribution in [3.05, 3.63) is 21.4 Å². The van der Waals surface area contributed by atoms with Crippen LogP contribution in [0.5, 0.6) is 0 Å². The molecule has 5 nitrogen and oxygen atoms in total. The van der Waals surface area contributed by atoms with Gasteiger partial charge in [-0.2, -0.15) is 0 Å². The summed E-state index contributed by atoms with van der Waals surface area (Å²) in [6.45, 7) is 7.31. The van der Waals surface area contributed by atoms with Gasteiger partial charge in [-0.3, -0.25) is 4.79 Å². The molecule has 0 saturated carbocycles. The lowest BCUT2D eigenvalue weighted by molar-refractivity contribution is 0.0671. The van der Waals surface area contributed by atoms with Gasteiger partial charge >= 0.3 is 0 Å². The third-order valence-electron chi connectivity index (χ3n) is 4.26. The van der Waals surface area contributed by atoms with Crippen molar-refractivity contribution in [2.75, 3.05) is 13.1 Å². The molecule has 1 amide bonds. The van der Waals surface area contributed by atoms with Crippen molar-refractivity contribution in [1.29, 1.82) is 0 Å². The maximum atomic E-state index is 12.4. The molecular formula is C14H21N3O2S. The molecule has 1 aliphatic heterocycles. The van der Waals surface area contributed by atoms with E-state index in [-0.39, 0.29) is 17.2 Å². The second-order valence-corrected chi connectivity index (χ2v) is 6.94. The monoisotopic (exact) mass is 295 g/mol. The number of amides is 1. The highest BCUT2D eigenvalue weighted by Crippen LogP contribution is 2.32. The number of thiophene rings is 1. The normalized spacial score (nSPS) is 19.1. The topological polar surface area (TPSA) is 78.9 Å². The fraction of sp³-hybridized carbons (Fsp3) is 0.571. The second-order valence-electron chi connectivity index (χ2n) is 5.69. The predicted octanol–water partition coefficient (Wildman–Crippen LogP) is 2.35. The van der Waals surface area contributed by atoms with Crippen LogP contribution in [0, 0.1) is 19.3 Å². The summed E-state index contributed by atoms with van der Waals surface area (Å²) in [5.41, 5.74) is 6.59. The quantitative estimate of drug-likeness (QED) is 0.380. The number of amidine groups is 1. The molecule has 0 aromatic carbocycles. The van der Waals surface area contributed by atoms with Crippen molar-refractivity contribution in [3.63, 3.8) is 0 Å². The van der Waals surface area contributed by atoms with E-state index in [1.807, 2.05) is 31.7 Å². The van der Waals surface area contributed by atoms with Gasteiger partial charge in [0, 0.05) is 23.4 Å². The van der Waals surface area contributed by atoms with Crippen molar-refractivity contribution in [3.8, 4) is 0 Å². The molecule has 0 radical (unpaired) electrons. The first-order valence-electron chi connectivity index (χ1n) is 6.72. The Hall–Kier alpha value is -1.56. The van der Waals surface area contributed by atoms with Crippen molar-refractivity contribution >= 4 is 23.1 Å². The molecule has 2 heterocycles. The van der Waals surface area contributed by atoms with Gasteiger partial charge in [0.2, 0.25) is 0 Å². The van der Waals surface area contributed by atoms with Gasteiger partial charge in [0.15, 0.2) is 0 Å². The lowest BCUT2D eigenvalue weighted by Crippen LogP contribution is -2.47. The highest BCUT2D eigenvalue weighted by Gasteiger charge is 2.36. The van der Waals surface area contributed by atoms with Crippen LogP contribution in [0.3, 0.4) is 0 Å². The molecular weight excluding hydrogens is 274 g/mol. The second kappa shape index (κ2) is 5.44. The lowest BCUT2D eigenvalue weighted by atomic mass is 9.79. The summed E-state index contributed by atoms with van der Waals surface area (Å²) in [5, 5.41) is 11.9. The van der Waals surface area contributed by atoms with E-state index in [9.17, 15) is 4.79 Å². The van der Waals surface area contributed by atoms with Gasteiger partial charge in [0.1, 0.15) is 5.84 Å². The van der Waals surface area contributed by atoms with E-state index in [1.165, 1.54) is 4.88 Å². The van der Waals surface area contributed by atoms with E-state index >= 15 is 0 Å². The smallest absolute Gasteiger partial charge is 0.263 e. The summed E-state index contributed by atoms with van der Waals surface area (Å²) in [5.74, 6) is 0.347. The summed E-state index contributed by atoms with van der Waals surface area (Å²) in [6.07, 6.45) is 1.44. The zero-order chi connectivity index (χ0) is 14.9. The molecule has 3 N–H and O–H groups in total. The summed E-state index contributed by atoms with van der Waals surface area (Å²) >= 11 is 1.55. The van der Waals surface area contributed by atoms with Crippen LogP contribution in [0.2, 0.25) is 0 Å². The maximum Gasteiger partial charge on any atom is 0.263 e. The van der Waals surface area contributed by atoms with E-state index in [0.29, 0.717) is 13.1 Å². The van der Waals surface area contributed by atoms with E-state index in [2.05, 4.69) is 5.16 Å². The fourth-order valence-corrected chi connectivity index (χ4v) is 3.42. The Balaban J connectivity index is 2.06. The number of nitrogens with two attached hydrogens (primary N) is 1. The Morgan fingerprint density at radius 2 is 2.05 bits per heavy atom. The predicted molar refractivity (Wildman–Crippen MR) is 80.4 cm³/mol. The molecule has 0 spiro atoms. The highest BCUT2D eigenvalue weighted by atomic mass is 32.1. The van der Waals surface area contributed by atoms with Gasteiger partial charge in [-0.25, -0.2) is 0 Å². The van der Waals surface area contributed by atoms with E-state index < -0.39 is 0 Å².